The molecule has 1 atom stereocenters. The molecule has 0 aliphatic heterocycles. The van der Waals surface area contributed by atoms with Gasteiger partial charge < -0.3 is 14.7 Å². The molecule has 1 aliphatic carbocycles. The van der Waals surface area contributed by atoms with Gasteiger partial charge in [-0.3, -0.25) is 4.79 Å². The lowest BCUT2D eigenvalue weighted by Crippen LogP contribution is -2.52. The Balaban J connectivity index is 2.58. The number of rotatable bonds is 9. The van der Waals surface area contributed by atoms with Gasteiger partial charge in [0.15, 0.2) is 0 Å². The molecule has 0 unspecified atom stereocenters. The number of carbonyl (C=O) groups is 2. The normalized spacial score (nSPS) is 19.7. The fraction of sp³-hybridized carbons (Fsp3) is 0.667. The first-order chi connectivity index (χ1) is 15.7. The van der Waals surface area contributed by atoms with E-state index in [1.165, 1.54) is 12.0 Å². The van der Waals surface area contributed by atoms with Crippen molar-refractivity contribution in [2.45, 2.75) is 59.4 Å². The number of carboxylic acid groups (broad SMARTS) is 1. The van der Waals surface area contributed by atoms with Gasteiger partial charge in [-0.1, -0.05) is 18.8 Å². The van der Waals surface area contributed by atoms with Gasteiger partial charge in [-0.2, -0.15) is 0 Å². The maximum Gasteiger partial charge on any atom is 0.348 e. The van der Waals surface area contributed by atoms with E-state index in [4.69, 9.17) is 4.74 Å². The van der Waals surface area contributed by atoms with Crippen molar-refractivity contribution in [3.8, 4) is 11.8 Å². The van der Waals surface area contributed by atoms with Gasteiger partial charge in [-0.15, -0.1) is 11.3 Å². The number of hydrogen-bond donors (Lipinski definition) is 2. The van der Waals surface area contributed by atoms with Crippen LogP contribution in [0.3, 0.4) is 0 Å². The van der Waals surface area contributed by atoms with E-state index in [2.05, 4.69) is 23.5 Å². The molecule has 2 rings (SSSR count). The van der Waals surface area contributed by atoms with Crippen molar-refractivity contribution in [2.24, 2.45) is 17.3 Å². The zero-order valence-electron chi connectivity index (χ0n) is 20.8. The average Bonchev–Trinajstić information content (AvgIpc) is 3.14. The second-order valence-electron chi connectivity index (χ2n) is 10.0. The number of methoxy groups -OCH3 is 1. The zero-order chi connectivity index (χ0) is 25.7. The zero-order valence-corrected chi connectivity index (χ0v) is 22.4. The summed E-state index contributed by atoms with van der Waals surface area (Å²) in [6, 6.07) is 0.905. The highest BCUT2D eigenvalue weighted by molar-refractivity contribution is 7.88. The summed E-state index contributed by atoms with van der Waals surface area (Å²) in [5, 5.41) is 9.94. The Hall–Kier alpha value is -1.93. The largest absolute Gasteiger partial charge is 0.477 e. The van der Waals surface area contributed by atoms with Crippen LogP contribution in [0.1, 0.15) is 67.9 Å². The minimum Gasteiger partial charge on any atom is -0.477 e. The van der Waals surface area contributed by atoms with E-state index in [-0.39, 0.29) is 41.0 Å². The molecule has 34 heavy (non-hydrogen) atoms. The smallest absolute Gasteiger partial charge is 0.348 e. The molecule has 190 valence electrons. The molecule has 1 fully saturated rings. The highest BCUT2D eigenvalue weighted by atomic mass is 32.2. The average molecular weight is 513 g/mol. The summed E-state index contributed by atoms with van der Waals surface area (Å²) in [7, 11) is -2.07. The Morgan fingerprint density at radius 1 is 1.29 bits per heavy atom. The van der Waals surface area contributed by atoms with Crippen LogP contribution in [0.2, 0.25) is 0 Å². The molecule has 8 nitrogen and oxygen atoms in total. The van der Waals surface area contributed by atoms with Crippen molar-refractivity contribution >= 4 is 38.9 Å². The van der Waals surface area contributed by atoms with Gasteiger partial charge in [0.05, 0.1) is 29.5 Å². The lowest BCUT2D eigenvalue weighted by Gasteiger charge is -2.36. The van der Waals surface area contributed by atoms with Gasteiger partial charge in [0.2, 0.25) is 15.9 Å². The minimum absolute atomic E-state index is 0.00352. The molecular formula is C24H36N2O6S2. The van der Waals surface area contributed by atoms with E-state index >= 15 is 0 Å². The second-order valence-corrected chi connectivity index (χ2v) is 12.9. The molecule has 1 aliphatic rings. The Morgan fingerprint density at radius 3 is 2.41 bits per heavy atom. The lowest BCUT2D eigenvalue weighted by molar-refractivity contribution is -0.124. The van der Waals surface area contributed by atoms with Crippen molar-refractivity contribution in [3.05, 3.63) is 15.8 Å². The summed E-state index contributed by atoms with van der Waals surface area (Å²) >= 11 is 1.01. The number of thiophene rings is 1. The molecule has 1 heterocycles. The topological polar surface area (TPSA) is 113 Å². The van der Waals surface area contributed by atoms with Crippen molar-refractivity contribution in [1.82, 2.24) is 4.72 Å². The number of hydrogen-bond acceptors (Lipinski definition) is 6. The minimum atomic E-state index is -3.54. The molecule has 0 aromatic carbocycles. The van der Waals surface area contributed by atoms with Crippen molar-refractivity contribution in [2.75, 3.05) is 31.4 Å². The van der Waals surface area contributed by atoms with Gasteiger partial charge in [-0.25, -0.2) is 17.9 Å². The van der Waals surface area contributed by atoms with Crippen LogP contribution in [0.5, 0.6) is 0 Å². The van der Waals surface area contributed by atoms with Crippen LogP contribution in [-0.4, -0.2) is 58.0 Å². The number of carboxylic acids is 1. The molecule has 0 bridgehead atoms. The lowest BCUT2D eigenvalue weighted by atomic mass is 9.82. The van der Waals surface area contributed by atoms with Crippen LogP contribution in [0, 0.1) is 29.1 Å². The highest BCUT2D eigenvalue weighted by Crippen LogP contribution is 2.36. The Bertz CT molecular complexity index is 1040. The van der Waals surface area contributed by atoms with E-state index in [9.17, 15) is 23.1 Å². The third-order valence-electron chi connectivity index (χ3n) is 5.63. The molecular weight excluding hydrogens is 476 g/mol. The van der Waals surface area contributed by atoms with E-state index in [0.717, 1.165) is 30.4 Å². The third-order valence-corrected chi connectivity index (χ3v) is 7.35. The molecule has 1 aromatic rings. The molecule has 0 spiro atoms. The number of nitrogens with one attached hydrogen (secondary N) is 1. The molecule has 1 aromatic heterocycles. The molecule has 0 saturated heterocycles. The highest BCUT2D eigenvalue weighted by Gasteiger charge is 2.36. The molecule has 1 saturated carbocycles. The summed E-state index contributed by atoms with van der Waals surface area (Å²) < 4.78 is 31.4. The van der Waals surface area contributed by atoms with Crippen LogP contribution in [0.25, 0.3) is 0 Å². The van der Waals surface area contributed by atoms with Crippen LogP contribution in [0.15, 0.2) is 6.07 Å². The van der Waals surface area contributed by atoms with Crippen LogP contribution in [-0.2, 0) is 19.6 Å². The molecule has 10 heteroatoms. The standard InChI is InChI=1S/C24H36N2O6S2/c1-16-7-9-17(10-8-16)22(27)26(18(15-32-5)14-25-34(6,30)31)20-13-19(11-12-24(2,3)4)33-21(20)23(28)29/h13,16-18,25H,7-10,14-15H2,1-6H3,(H,28,29)/t16-,17-,18-/m0/s1. The van der Waals surface area contributed by atoms with Crippen molar-refractivity contribution < 1.29 is 27.9 Å². The SMILES string of the molecule is COC[C@H](CNS(C)(=O)=O)N(c1cc(C#CC(C)(C)C)sc1C(=O)O)C(=O)[C@H]1CC[C@H](C)CC1. The monoisotopic (exact) mass is 512 g/mol. The summed E-state index contributed by atoms with van der Waals surface area (Å²) in [6.07, 6.45) is 4.29. The Kier molecular flexibility index (Phi) is 9.71. The Morgan fingerprint density at radius 2 is 1.91 bits per heavy atom. The summed E-state index contributed by atoms with van der Waals surface area (Å²) in [5.41, 5.74) is -0.0449. The van der Waals surface area contributed by atoms with Gasteiger partial charge in [0.1, 0.15) is 4.88 Å². The van der Waals surface area contributed by atoms with Gasteiger partial charge >= 0.3 is 5.97 Å². The number of carbonyl (C=O) groups excluding carboxylic acids is 1. The second kappa shape index (κ2) is 11.7. The third kappa shape index (κ3) is 8.38. The summed E-state index contributed by atoms with van der Waals surface area (Å²) in [4.78, 5) is 27.9. The first kappa shape index (κ1) is 28.3. The van der Waals surface area contributed by atoms with Gasteiger partial charge in [-0.05, 0) is 58.4 Å². The fourth-order valence-electron chi connectivity index (χ4n) is 3.89. The van der Waals surface area contributed by atoms with Crippen molar-refractivity contribution in [1.29, 1.82) is 0 Å². The summed E-state index contributed by atoms with van der Waals surface area (Å²) in [5.74, 6) is 5.03. The predicted molar refractivity (Wildman–Crippen MR) is 135 cm³/mol. The number of aromatic carboxylic acids is 1. The summed E-state index contributed by atoms with van der Waals surface area (Å²) in [6.45, 7) is 7.96. The molecule has 1 amide bonds. The maximum absolute atomic E-state index is 13.8. The van der Waals surface area contributed by atoms with E-state index in [1.54, 1.807) is 6.07 Å². The van der Waals surface area contributed by atoms with Gasteiger partial charge in [0.25, 0.3) is 0 Å². The quantitative estimate of drug-likeness (QED) is 0.489. The van der Waals surface area contributed by atoms with E-state index in [0.29, 0.717) is 23.6 Å². The number of nitrogens with zero attached hydrogens (tertiary/aromatic N) is 1. The predicted octanol–water partition coefficient (Wildman–Crippen LogP) is 3.57. The van der Waals surface area contributed by atoms with Crippen molar-refractivity contribution in [3.63, 3.8) is 0 Å². The Labute approximate surface area is 207 Å². The number of anilines is 1. The first-order valence-corrected chi connectivity index (χ1v) is 14.1. The van der Waals surface area contributed by atoms with Crippen LogP contribution >= 0.6 is 11.3 Å². The molecule has 2 N–H and O–H groups in total. The number of ether oxygens (including phenoxy) is 1. The first-order valence-electron chi connectivity index (χ1n) is 11.4. The van der Waals surface area contributed by atoms with Gasteiger partial charge in [0, 0.05) is 25.0 Å². The number of amides is 1. The number of sulfonamides is 1. The van der Waals surface area contributed by atoms with E-state index < -0.39 is 22.0 Å². The van der Waals surface area contributed by atoms with Crippen LogP contribution in [0.4, 0.5) is 5.69 Å². The van der Waals surface area contributed by atoms with Crippen LogP contribution < -0.4 is 9.62 Å². The van der Waals surface area contributed by atoms with E-state index in [1.807, 2.05) is 20.8 Å². The molecule has 0 radical (unpaired) electrons. The fourth-order valence-corrected chi connectivity index (χ4v) is 5.22. The maximum atomic E-state index is 13.8.